The maximum Gasteiger partial charge on any atom is 0.175 e. The van der Waals surface area contributed by atoms with Crippen LogP contribution < -0.4 is 15.2 Å². The lowest BCUT2D eigenvalue weighted by Crippen LogP contribution is -2.01. The molecule has 1 aromatic rings. The van der Waals surface area contributed by atoms with E-state index >= 15 is 0 Å². The Kier molecular flexibility index (Phi) is 5.66. The molecule has 3 nitrogen and oxygen atoms in total. The summed E-state index contributed by atoms with van der Waals surface area (Å²) in [6.45, 7) is 0.844. The van der Waals surface area contributed by atoms with Crippen molar-refractivity contribution in [3.63, 3.8) is 0 Å². The molecule has 1 rings (SSSR count). The molecule has 0 aliphatic rings. The van der Waals surface area contributed by atoms with E-state index in [2.05, 4.69) is 15.9 Å². The van der Waals surface area contributed by atoms with Gasteiger partial charge >= 0.3 is 0 Å². The van der Waals surface area contributed by atoms with Crippen molar-refractivity contribution < 1.29 is 9.47 Å². The van der Waals surface area contributed by atoms with Crippen LogP contribution in [0.1, 0.15) is 5.56 Å². The van der Waals surface area contributed by atoms with Gasteiger partial charge in [-0.3, -0.25) is 0 Å². The molecule has 0 amide bonds. The molecule has 0 atom stereocenters. The Balaban J connectivity index is 2.96. The third-order valence-corrected chi connectivity index (χ3v) is 2.71. The van der Waals surface area contributed by atoms with Crippen molar-refractivity contribution in [2.24, 2.45) is 5.73 Å². The number of nitrogens with two attached hydrogens (primary N) is 1. The molecular formula is C11H13BrClNO2. The summed E-state index contributed by atoms with van der Waals surface area (Å²) in [5, 5.41) is 0. The highest BCUT2D eigenvalue weighted by Crippen LogP contribution is 2.36. The van der Waals surface area contributed by atoms with Crippen LogP contribution in [0, 0.1) is 0 Å². The van der Waals surface area contributed by atoms with Gasteiger partial charge in [0.15, 0.2) is 11.5 Å². The molecule has 88 valence electrons. The summed E-state index contributed by atoms with van der Waals surface area (Å²) < 4.78 is 11.6. The average molecular weight is 307 g/mol. The van der Waals surface area contributed by atoms with Gasteiger partial charge in [0.25, 0.3) is 0 Å². The maximum atomic E-state index is 5.57. The van der Waals surface area contributed by atoms with Crippen LogP contribution in [0.4, 0.5) is 0 Å². The van der Waals surface area contributed by atoms with Crippen LogP contribution in [0.2, 0.25) is 0 Å². The minimum absolute atomic E-state index is 0.389. The van der Waals surface area contributed by atoms with E-state index in [0.29, 0.717) is 24.7 Å². The standard InChI is InChI=1S/C11H13BrClNO2/c1-15-10-6-8(7-14)5-9(12)11(10)16-4-2-3-13/h2-3,5-6H,4,7,14H2,1H3/b3-2+. The summed E-state index contributed by atoms with van der Waals surface area (Å²) in [5.74, 6) is 1.30. The normalized spacial score (nSPS) is 10.8. The number of hydrogen-bond donors (Lipinski definition) is 1. The fourth-order valence-corrected chi connectivity index (χ4v) is 1.88. The van der Waals surface area contributed by atoms with Crippen molar-refractivity contribution in [2.75, 3.05) is 13.7 Å². The van der Waals surface area contributed by atoms with Gasteiger partial charge in [-0.15, -0.1) is 0 Å². The summed E-state index contributed by atoms with van der Waals surface area (Å²) in [4.78, 5) is 0. The average Bonchev–Trinajstić information content (AvgIpc) is 2.30. The first-order valence-corrected chi connectivity index (χ1v) is 5.90. The predicted octanol–water partition coefficient (Wildman–Crippen LogP) is 3.05. The van der Waals surface area contributed by atoms with Crippen LogP contribution in [0.3, 0.4) is 0 Å². The SMILES string of the molecule is COc1cc(CN)cc(Br)c1OC/C=C/Cl. The minimum atomic E-state index is 0.389. The van der Waals surface area contributed by atoms with Crippen molar-refractivity contribution >= 4 is 27.5 Å². The van der Waals surface area contributed by atoms with Gasteiger partial charge in [0, 0.05) is 12.1 Å². The van der Waals surface area contributed by atoms with E-state index in [0.717, 1.165) is 10.0 Å². The Morgan fingerprint density at radius 1 is 1.50 bits per heavy atom. The molecule has 0 saturated carbocycles. The molecule has 0 bridgehead atoms. The number of rotatable bonds is 5. The Bertz CT molecular complexity index is 382. The molecule has 0 spiro atoms. The molecule has 0 aromatic heterocycles. The van der Waals surface area contributed by atoms with Gasteiger partial charge < -0.3 is 15.2 Å². The van der Waals surface area contributed by atoms with Gasteiger partial charge in [-0.05, 0) is 39.7 Å². The maximum absolute atomic E-state index is 5.57. The first-order chi connectivity index (χ1) is 7.72. The monoisotopic (exact) mass is 305 g/mol. The lowest BCUT2D eigenvalue weighted by atomic mass is 10.2. The van der Waals surface area contributed by atoms with Crippen LogP contribution in [0.15, 0.2) is 28.2 Å². The van der Waals surface area contributed by atoms with Crippen molar-refractivity contribution in [3.05, 3.63) is 33.8 Å². The van der Waals surface area contributed by atoms with E-state index in [1.165, 1.54) is 5.54 Å². The summed E-state index contributed by atoms with van der Waals surface area (Å²) in [7, 11) is 1.59. The highest BCUT2D eigenvalue weighted by atomic mass is 79.9. The van der Waals surface area contributed by atoms with Crippen molar-refractivity contribution in [1.82, 2.24) is 0 Å². The Hall–Kier alpha value is -0.710. The van der Waals surface area contributed by atoms with E-state index in [9.17, 15) is 0 Å². The van der Waals surface area contributed by atoms with Crippen LogP contribution in [0.25, 0.3) is 0 Å². The van der Waals surface area contributed by atoms with E-state index in [4.69, 9.17) is 26.8 Å². The second-order valence-electron chi connectivity index (χ2n) is 2.99. The molecule has 0 unspecified atom stereocenters. The van der Waals surface area contributed by atoms with Gasteiger partial charge in [-0.2, -0.15) is 0 Å². The molecule has 0 heterocycles. The first kappa shape index (κ1) is 13.4. The third kappa shape index (κ3) is 3.40. The lowest BCUT2D eigenvalue weighted by molar-refractivity contribution is 0.324. The van der Waals surface area contributed by atoms with Crippen LogP contribution in [-0.4, -0.2) is 13.7 Å². The molecule has 0 fully saturated rings. The zero-order valence-electron chi connectivity index (χ0n) is 8.87. The first-order valence-electron chi connectivity index (χ1n) is 4.67. The smallest absolute Gasteiger partial charge is 0.175 e. The van der Waals surface area contributed by atoms with Crippen molar-refractivity contribution in [1.29, 1.82) is 0 Å². The van der Waals surface area contributed by atoms with Crippen molar-refractivity contribution in [3.8, 4) is 11.5 Å². The highest BCUT2D eigenvalue weighted by molar-refractivity contribution is 9.10. The largest absolute Gasteiger partial charge is 0.493 e. The van der Waals surface area contributed by atoms with Crippen LogP contribution in [0.5, 0.6) is 11.5 Å². The second kappa shape index (κ2) is 6.78. The van der Waals surface area contributed by atoms with E-state index in [-0.39, 0.29) is 0 Å². The Morgan fingerprint density at radius 2 is 2.25 bits per heavy atom. The quantitative estimate of drug-likeness (QED) is 0.909. The third-order valence-electron chi connectivity index (χ3n) is 1.94. The van der Waals surface area contributed by atoms with Crippen LogP contribution in [-0.2, 0) is 6.54 Å². The second-order valence-corrected chi connectivity index (χ2v) is 4.09. The molecule has 0 aliphatic heterocycles. The lowest BCUT2D eigenvalue weighted by Gasteiger charge is -2.12. The summed E-state index contributed by atoms with van der Waals surface area (Å²) in [5.41, 5.74) is 7.96. The number of methoxy groups -OCH3 is 1. The molecule has 16 heavy (non-hydrogen) atoms. The number of ether oxygens (including phenoxy) is 2. The Labute approximate surface area is 108 Å². The van der Waals surface area contributed by atoms with Gasteiger partial charge in [-0.1, -0.05) is 11.6 Å². The molecule has 0 radical (unpaired) electrons. The van der Waals surface area contributed by atoms with E-state index in [1.807, 2.05) is 12.1 Å². The topological polar surface area (TPSA) is 44.5 Å². The van der Waals surface area contributed by atoms with Gasteiger partial charge in [0.05, 0.1) is 11.6 Å². The van der Waals surface area contributed by atoms with Gasteiger partial charge in [0.2, 0.25) is 0 Å². The fraction of sp³-hybridized carbons (Fsp3) is 0.273. The molecule has 2 N–H and O–H groups in total. The highest BCUT2D eigenvalue weighted by Gasteiger charge is 2.10. The molecule has 5 heteroatoms. The molecule has 1 aromatic carbocycles. The van der Waals surface area contributed by atoms with Gasteiger partial charge in [-0.25, -0.2) is 0 Å². The number of halogens is 2. The van der Waals surface area contributed by atoms with E-state index < -0.39 is 0 Å². The number of benzene rings is 1. The summed E-state index contributed by atoms with van der Waals surface area (Å²) >= 11 is 8.82. The molecule has 0 saturated heterocycles. The van der Waals surface area contributed by atoms with Crippen molar-refractivity contribution in [2.45, 2.75) is 6.54 Å². The van der Waals surface area contributed by atoms with Crippen LogP contribution >= 0.6 is 27.5 Å². The molecular weight excluding hydrogens is 293 g/mol. The summed E-state index contributed by atoms with van der Waals surface area (Å²) in [6.07, 6.45) is 1.70. The minimum Gasteiger partial charge on any atom is -0.493 e. The van der Waals surface area contributed by atoms with E-state index in [1.54, 1.807) is 13.2 Å². The zero-order valence-corrected chi connectivity index (χ0v) is 11.2. The Morgan fingerprint density at radius 3 is 2.81 bits per heavy atom. The van der Waals surface area contributed by atoms with Gasteiger partial charge in [0.1, 0.15) is 6.61 Å². The fourth-order valence-electron chi connectivity index (χ4n) is 1.20. The predicted molar refractivity (Wildman–Crippen MR) is 69.1 cm³/mol. The number of hydrogen-bond acceptors (Lipinski definition) is 3. The molecule has 0 aliphatic carbocycles. The zero-order chi connectivity index (χ0) is 12.0. The summed E-state index contributed by atoms with van der Waals surface area (Å²) in [6, 6.07) is 3.76.